The van der Waals surface area contributed by atoms with Crippen LogP contribution in [0, 0.1) is 0 Å². The summed E-state index contributed by atoms with van der Waals surface area (Å²) in [7, 11) is 0.155. The van der Waals surface area contributed by atoms with E-state index in [1.165, 1.54) is 21.3 Å². The first-order valence-corrected chi connectivity index (χ1v) is 6.29. The second kappa shape index (κ2) is 7.35. The lowest BCUT2D eigenvalue weighted by Crippen LogP contribution is -2.51. The van der Waals surface area contributed by atoms with Crippen molar-refractivity contribution in [3.63, 3.8) is 0 Å². The topological polar surface area (TPSA) is 64.6 Å². The summed E-state index contributed by atoms with van der Waals surface area (Å²) in [6.07, 6.45) is 0. The Hall–Kier alpha value is -1.00. The minimum Gasteiger partial charge on any atom is -0.477 e. The molecule has 8 heteroatoms. The quantitative estimate of drug-likeness (QED) is 0.396. The zero-order valence-corrected chi connectivity index (χ0v) is 10.7. The fourth-order valence-corrected chi connectivity index (χ4v) is 2.25. The minimum absolute atomic E-state index is 0.463. The van der Waals surface area contributed by atoms with E-state index in [-0.39, 0.29) is 0 Å². The van der Waals surface area contributed by atoms with Gasteiger partial charge in [-0.3, -0.25) is 0 Å². The van der Waals surface area contributed by atoms with Crippen molar-refractivity contribution in [2.75, 3.05) is 21.3 Å². The Morgan fingerprint density at radius 3 is 1.65 bits per heavy atom. The van der Waals surface area contributed by atoms with E-state index >= 15 is 0 Å². The van der Waals surface area contributed by atoms with Gasteiger partial charge in [0.25, 0.3) is 0 Å². The van der Waals surface area contributed by atoms with Crippen LogP contribution in [0.4, 0.5) is 0 Å². The molecule has 0 aliphatic carbocycles. The van der Waals surface area contributed by atoms with Crippen molar-refractivity contribution in [3.05, 3.63) is 30.3 Å². The molecule has 0 bridgehead atoms. The highest BCUT2D eigenvalue weighted by Crippen LogP contribution is 2.18. The summed E-state index contributed by atoms with van der Waals surface area (Å²) in [5, 5.41) is 0. The van der Waals surface area contributed by atoms with E-state index in [0.717, 1.165) is 0 Å². The lowest BCUT2D eigenvalue weighted by atomic mass is 10.3. The fraction of sp³-hybridized carbons (Fsp3) is 0.333. The average Bonchev–Trinajstić information content (AvgIpc) is 2.31. The third-order valence-electron chi connectivity index (χ3n) is 1.54. The molecular formula is C9H14O7Si. The molecule has 1 aromatic carbocycles. The van der Waals surface area contributed by atoms with Crippen molar-refractivity contribution < 1.29 is 32.8 Å². The summed E-state index contributed by atoms with van der Waals surface area (Å²) in [5.41, 5.74) is 0. The van der Waals surface area contributed by atoms with Crippen LogP contribution in [0.1, 0.15) is 0 Å². The third-order valence-corrected chi connectivity index (χ3v) is 3.14. The first-order chi connectivity index (χ1) is 8.26. The van der Waals surface area contributed by atoms with Crippen LogP contribution in [0.15, 0.2) is 30.3 Å². The van der Waals surface area contributed by atoms with Crippen molar-refractivity contribution >= 4 is 9.05 Å². The molecule has 0 radical (unpaired) electrons. The van der Waals surface area contributed by atoms with Gasteiger partial charge in [-0.15, -0.1) is 0 Å². The zero-order chi connectivity index (χ0) is 12.6. The van der Waals surface area contributed by atoms with Crippen LogP contribution in [0.2, 0.25) is 0 Å². The second-order valence-corrected chi connectivity index (χ2v) is 4.37. The largest absolute Gasteiger partial charge is 0.834 e. The van der Waals surface area contributed by atoms with Gasteiger partial charge in [0.1, 0.15) is 5.75 Å². The van der Waals surface area contributed by atoms with Gasteiger partial charge >= 0.3 is 9.05 Å². The molecule has 1 rings (SSSR count). The first kappa shape index (κ1) is 14.1. The summed E-state index contributed by atoms with van der Waals surface area (Å²) < 4.78 is 19.9. The second-order valence-electron chi connectivity index (χ2n) is 2.67. The van der Waals surface area contributed by atoms with Crippen molar-refractivity contribution in [2.24, 2.45) is 0 Å². The molecule has 0 N–H and O–H groups in total. The van der Waals surface area contributed by atoms with Crippen LogP contribution in [0.25, 0.3) is 0 Å². The summed E-state index contributed by atoms with van der Waals surface area (Å²) >= 11 is 0. The zero-order valence-electron chi connectivity index (χ0n) is 9.74. The summed E-state index contributed by atoms with van der Waals surface area (Å²) in [6.45, 7) is 0. The first-order valence-electron chi connectivity index (χ1n) is 4.66. The Morgan fingerprint density at radius 1 is 0.765 bits per heavy atom. The number of hydrogen-bond donors (Lipinski definition) is 0. The van der Waals surface area contributed by atoms with E-state index in [4.69, 9.17) is 18.2 Å². The lowest BCUT2D eigenvalue weighted by molar-refractivity contribution is -0.363. The van der Waals surface area contributed by atoms with Crippen molar-refractivity contribution in [2.45, 2.75) is 0 Å². The van der Waals surface area contributed by atoms with Gasteiger partial charge in [0.15, 0.2) is 0 Å². The molecule has 17 heavy (non-hydrogen) atoms. The van der Waals surface area contributed by atoms with Crippen LogP contribution < -0.4 is 4.43 Å². The Labute approximate surface area is 100.0 Å². The van der Waals surface area contributed by atoms with Gasteiger partial charge < -0.3 is 4.43 Å². The maximum absolute atomic E-state index is 5.42. The van der Waals surface area contributed by atoms with Gasteiger partial charge in [0.05, 0.1) is 21.3 Å². The van der Waals surface area contributed by atoms with Gasteiger partial charge in [0.2, 0.25) is 0 Å². The molecule has 0 saturated carbocycles. The highest BCUT2D eigenvalue weighted by Gasteiger charge is 2.55. The normalized spacial score (nSPS) is 11.5. The molecule has 0 spiro atoms. The highest BCUT2D eigenvalue weighted by atomic mass is 28.4. The fourth-order valence-electron chi connectivity index (χ4n) is 1.03. The van der Waals surface area contributed by atoms with E-state index in [1.807, 2.05) is 6.07 Å². The minimum atomic E-state index is -3.70. The van der Waals surface area contributed by atoms with Gasteiger partial charge in [0, 0.05) is 0 Å². The molecule has 0 fully saturated rings. The van der Waals surface area contributed by atoms with E-state index in [1.54, 1.807) is 24.3 Å². The van der Waals surface area contributed by atoms with Crippen LogP contribution in [0.5, 0.6) is 5.75 Å². The maximum atomic E-state index is 5.42. The Morgan fingerprint density at radius 2 is 1.24 bits per heavy atom. The van der Waals surface area contributed by atoms with E-state index < -0.39 is 9.05 Å². The molecule has 0 aromatic heterocycles. The van der Waals surface area contributed by atoms with E-state index in [0.29, 0.717) is 5.75 Å². The van der Waals surface area contributed by atoms with Gasteiger partial charge in [-0.05, 0) is 12.1 Å². The standard InChI is InChI=1S/C9H14O7Si/c1-10-14-17(15-11-2,16-12-3)13-9-7-5-4-6-8-9/h4-8H,1-3H3. The van der Waals surface area contributed by atoms with Crippen molar-refractivity contribution in [3.8, 4) is 5.75 Å². The SMILES string of the molecule is COO[Si](OOC)(OOC)Oc1ccccc1. The lowest BCUT2D eigenvalue weighted by Gasteiger charge is -2.22. The molecule has 0 aliphatic heterocycles. The maximum Gasteiger partial charge on any atom is 0.834 e. The summed E-state index contributed by atoms with van der Waals surface area (Å²) in [5.74, 6) is 0.463. The Bertz CT molecular complexity index is 290. The van der Waals surface area contributed by atoms with Crippen molar-refractivity contribution in [1.82, 2.24) is 0 Å². The van der Waals surface area contributed by atoms with Gasteiger partial charge in [-0.1, -0.05) is 18.2 Å². The molecule has 7 nitrogen and oxygen atoms in total. The molecule has 0 aliphatic rings. The number of rotatable bonds is 8. The van der Waals surface area contributed by atoms with Crippen LogP contribution in [0.3, 0.4) is 0 Å². The number of hydrogen-bond acceptors (Lipinski definition) is 7. The number of para-hydroxylation sites is 1. The summed E-state index contributed by atoms with van der Waals surface area (Å²) in [4.78, 5) is 13.5. The van der Waals surface area contributed by atoms with E-state index in [9.17, 15) is 0 Å². The summed E-state index contributed by atoms with van der Waals surface area (Å²) in [6, 6.07) is 8.78. The molecular weight excluding hydrogens is 248 g/mol. The van der Waals surface area contributed by atoms with E-state index in [2.05, 4.69) is 14.7 Å². The van der Waals surface area contributed by atoms with Gasteiger partial charge in [-0.25, -0.2) is 14.7 Å². The third kappa shape index (κ3) is 4.40. The average molecular weight is 262 g/mol. The molecule has 0 saturated heterocycles. The molecule has 0 amide bonds. The Balaban J connectivity index is 2.80. The number of benzene rings is 1. The molecule has 0 atom stereocenters. The highest BCUT2D eigenvalue weighted by molar-refractivity contribution is 6.53. The van der Waals surface area contributed by atoms with Crippen LogP contribution in [-0.2, 0) is 28.4 Å². The predicted molar refractivity (Wildman–Crippen MR) is 57.1 cm³/mol. The predicted octanol–water partition coefficient (Wildman–Crippen LogP) is 1.23. The molecule has 0 heterocycles. The molecule has 1 aromatic rings. The van der Waals surface area contributed by atoms with Crippen LogP contribution >= 0.6 is 0 Å². The smallest absolute Gasteiger partial charge is 0.477 e. The Kier molecular flexibility index (Phi) is 6.08. The van der Waals surface area contributed by atoms with Crippen molar-refractivity contribution in [1.29, 1.82) is 0 Å². The molecule has 0 unspecified atom stereocenters. The monoisotopic (exact) mass is 262 g/mol. The van der Waals surface area contributed by atoms with Gasteiger partial charge in [-0.2, -0.15) is 13.7 Å². The molecule has 96 valence electrons. The van der Waals surface area contributed by atoms with Crippen LogP contribution in [-0.4, -0.2) is 30.4 Å².